The molecule has 1 saturated carbocycles. The minimum atomic E-state index is 0.0617. The summed E-state index contributed by atoms with van der Waals surface area (Å²) in [5.74, 6) is 1.44. The average Bonchev–Trinajstić information content (AvgIpc) is 3.34. The number of hydrogen-bond donors (Lipinski definition) is 1. The van der Waals surface area contributed by atoms with E-state index in [-0.39, 0.29) is 11.9 Å². The SMILES string of the molecule is O=C(c1cn[nH]c1C1CCCCC1)N1CCC[C@H]1c1ccco1. The second-order valence-corrected chi connectivity index (χ2v) is 6.70. The number of rotatable bonds is 3. The number of amides is 1. The van der Waals surface area contributed by atoms with E-state index >= 15 is 0 Å². The number of nitrogens with zero attached hydrogens (tertiary/aromatic N) is 2. The van der Waals surface area contributed by atoms with E-state index in [9.17, 15) is 4.79 Å². The van der Waals surface area contributed by atoms with E-state index in [0.29, 0.717) is 5.92 Å². The number of aromatic amines is 1. The minimum Gasteiger partial charge on any atom is -0.467 e. The van der Waals surface area contributed by atoms with Gasteiger partial charge in [0.1, 0.15) is 5.76 Å². The average molecular weight is 313 g/mol. The highest BCUT2D eigenvalue weighted by molar-refractivity contribution is 5.95. The monoisotopic (exact) mass is 313 g/mol. The van der Waals surface area contributed by atoms with Gasteiger partial charge < -0.3 is 9.32 Å². The largest absolute Gasteiger partial charge is 0.467 e. The van der Waals surface area contributed by atoms with E-state index in [0.717, 1.165) is 49.2 Å². The van der Waals surface area contributed by atoms with Crippen molar-refractivity contribution >= 4 is 5.91 Å². The Labute approximate surface area is 136 Å². The molecule has 0 bridgehead atoms. The molecule has 1 atom stereocenters. The lowest BCUT2D eigenvalue weighted by atomic mass is 9.85. The second kappa shape index (κ2) is 6.22. The van der Waals surface area contributed by atoms with E-state index in [1.165, 1.54) is 19.3 Å². The van der Waals surface area contributed by atoms with Gasteiger partial charge in [0.25, 0.3) is 5.91 Å². The standard InChI is InChI=1S/C18H23N3O2/c22-18(21-10-4-8-15(21)16-9-5-11-23-16)14-12-19-20-17(14)13-6-2-1-3-7-13/h5,9,11-13,15H,1-4,6-8,10H2,(H,19,20)/t15-/m0/s1. The number of carbonyl (C=O) groups excluding carboxylic acids is 1. The minimum absolute atomic E-state index is 0.0617. The number of furan rings is 1. The highest BCUT2D eigenvalue weighted by atomic mass is 16.3. The summed E-state index contributed by atoms with van der Waals surface area (Å²) in [5, 5.41) is 7.29. The fraction of sp³-hybridized carbons (Fsp3) is 0.556. The van der Waals surface area contributed by atoms with E-state index in [1.54, 1.807) is 12.5 Å². The van der Waals surface area contributed by atoms with Crippen molar-refractivity contribution in [2.75, 3.05) is 6.54 Å². The maximum absolute atomic E-state index is 13.1. The van der Waals surface area contributed by atoms with Crippen LogP contribution in [0.2, 0.25) is 0 Å². The molecule has 1 saturated heterocycles. The van der Waals surface area contributed by atoms with Crippen LogP contribution in [0.25, 0.3) is 0 Å². The number of likely N-dealkylation sites (tertiary alicyclic amines) is 1. The zero-order valence-corrected chi connectivity index (χ0v) is 13.3. The molecule has 23 heavy (non-hydrogen) atoms. The maximum atomic E-state index is 13.1. The van der Waals surface area contributed by atoms with Crippen molar-refractivity contribution in [3.05, 3.63) is 41.6 Å². The second-order valence-electron chi connectivity index (χ2n) is 6.70. The summed E-state index contributed by atoms with van der Waals surface area (Å²) < 4.78 is 5.54. The molecular formula is C18H23N3O2. The van der Waals surface area contributed by atoms with E-state index < -0.39 is 0 Å². The Morgan fingerprint density at radius 3 is 2.87 bits per heavy atom. The van der Waals surface area contributed by atoms with Crippen molar-refractivity contribution < 1.29 is 9.21 Å². The third-order valence-corrected chi connectivity index (χ3v) is 5.30. The molecule has 5 nitrogen and oxygen atoms in total. The molecule has 2 aliphatic rings. The Morgan fingerprint density at radius 1 is 1.22 bits per heavy atom. The molecule has 5 heteroatoms. The van der Waals surface area contributed by atoms with Gasteiger partial charge in [0, 0.05) is 12.5 Å². The van der Waals surface area contributed by atoms with Gasteiger partial charge in [-0.2, -0.15) is 5.10 Å². The third kappa shape index (κ3) is 2.69. The van der Waals surface area contributed by atoms with Crippen molar-refractivity contribution in [1.82, 2.24) is 15.1 Å². The first-order valence-electron chi connectivity index (χ1n) is 8.72. The highest BCUT2D eigenvalue weighted by Gasteiger charge is 2.34. The first-order valence-corrected chi connectivity index (χ1v) is 8.72. The Hall–Kier alpha value is -2.04. The van der Waals surface area contributed by atoms with Crippen molar-refractivity contribution in [1.29, 1.82) is 0 Å². The normalized spacial score (nSPS) is 22.6. The predicted molar refractivity (Wildman–Crippen MR) is 86.1 cm³/mol. The molecule has 2 aromatic rings. The molecule has 0 spiro atoms. The van der Waals surface area contributed by atoms with Crippen LogP contribution in [0.1, 0.15) is 78.7 Å². The van der Waals surface area contributed by atoms with Crippen molar-refractivity contribution in [2.24, 2.45) is 0 Å². The molecule has 2 fully saturated rings. The summed E-state index contributed by atoms with van der Waals surface area (Å²) in [7, 11) is 0. The van der Waals surface area contributed by atoms with Crippen LogP contribution in [0.3, 0.4) is 0 Å². The zero-order chi connectivity index (χ0) is 15.6. The Kier molecular flexibility index (Phi) is 3.93. The quantitative estimate of drug-likeness (QED) is 0.930. The highest BCUT2D eigenvalue weighted by Crippen LogP contribution is 2.37. The molecule has 122 valence electrons. The summed E-state index contributed by atoms with van der Waals surface area (Å²) in [4.78, 5) is 15.1. The smallest absolute Gasteiger partial charge is 0.257 e. The molecule has 2 aromatic heterocycles. The van der Waals surface area contributed by atoms with Crippen molar-refractivity contribution in [3.63, 3.8) is 0 Å². The summed E-state index contributed by atoms with van der Waals surface area (Å²) in [5.41, 5.74) is 1.80. The number of aromatic nitrogens is 2. The van der Waals surface area contributed by atoms with Crippen LogP contribution in [0.15, 0.2) is 29.0 Å². The van der Waals surface area contributed by atoms with Crippen LogP contribution in [-0.2, 0) is 0 Å². The molecule has 4 rings (SSSR count). The Balaban J connectivity index is 1.58. The van der Waals surface area contributed by atoms with Gasteiger partial charge in [0.05, 0.1) is 29.8 Å². The van der Waals surface area contributed by atoms with Crippen LogP contribution < -0.4 is 0 Å². The molecular weight excluding hydrogens is 290 g/mol. The van der Waals surface area contributed by atoms with Gasteiger partial charge in [0.2, 0.25) is 0 Å². The zero-order valence-electron chi connectivity index (χ0n) is 13.3. The van der Waals surface area contributed by atoms with Crippen LogP contribution in [0, 0.1) is 0 Å². The molecule has 1 N–H and O–H groups in total. The van der Waals surface area contributed by atoms with Crippen molar-refractivity contribution in [2.45, 2.75) is 56.9 Å². The molecule has 0 radical (unpaired) electrons. The first kappa shape index (κ1) is 14.5. The maximum Gasteiger partial charge on any atom is 0.257 e. The van der Waals surface area contributed by atoms with E-state index in [4.69, 9.17) is 4.42 Å². The van der Waals surface area contributed by atoms with Gasteiger partial charge in [-0.25, -0.2) is 0 Å². The van der Waals surface area contributed by atoms with Crippen LogP contribution in [0.4, 0.5) is 0 Å². The Bertz CT molecular complexity index is 656. The molecule has 3 heterocycles. The lowest BCUT2D eigenvalue weighted by molar-refractivity contribution is 0.0718. The number of nitrogens with one attached hydrogen (secondary N) is 1. The van der Waals surface area contributed by atoms with Gasteiger partial charge in [-0.1, -0.05) is 19.3 Å². The van der Waals surface area contributed by atoms with Gasteiger partial charge in [-0.3, -0.25) is 9.89 Å². The van der Waals surface area contributed by atoms with Crippen LogP contribution >= 0.6 is 0 Å². The predicted octanol–water partition coefficient (Wildman–Crippen LogP) is 4.03. The Morgan fingerprint density at radius 2 is 2.09 bits per heavy atom. The first-order chi connectivity index (χ1) is 11.3. The fourth-order valence-corrected chi connectivity index (χ4v) is 4.11. The topological polar surface area (TPSA) is 62.1 Å². The molecule has 0 aromatic carbocycles. The molecule has 1 aliphatic heterocycles. The molecule has 0 unspecified atom stereocenters. The van der Waals surface area contributed by atoms with Crippen LogP contribution in [0.5, 0.6) is 0 Å². The number of H-pyrrole nitrogens is 1. The van der Waals surface area contributed by atoms with Gasteiger partial charge in [-0.05, 0) is 37.8 Å². The number of carbonyl (C=O) groups is 1. The van der Waals surface area contributed by atoms with Crippen LogP contribution in [-0.4, -0.2) is 27.5 Å². The summed E-state index contributed by atoms with van der Waals surface area (Å²) in [6.45, 7) is 0.791. The van der Waals surface area contributed by atoms with Crippen molar-refractivity contribution in [3.8, 4) is 0 Å². The van der Waals surface area contributed by atoms with Gasteiger partial charge in [0.15, 0.2) is 0 Å². The van der Waals surface area contributed by atoms with Gasteiger partial charge in [-0.15, -0.1) is 0 Å². The number of hydrogen-bond acceptors (Lipinski definition) is 3. The lowest BCUT2D eigenvalue weighted by Gasteiger charge is -2.25. The summed E-state index contributed by atoms with van der Waals surface area (Å²) in [6.07, 6.45) is 11.5. The third-order valence-electron chi connectivity index (χ3n) is 5.30. The van der Waals surface area contributed by atoms with E-state index in [1.807, 2.05) is 17.0 Å². The summed E-state index contributed by atoms with van der Waals surface area (Å²) in [6, 6.07) is 3.92. The van der Waals surface area contributed by atoms with Gasteiger partial charge >= 0.3 is 0 Å². The fourth-order valence-electron chi connectivity index (χ4n) is 4.11. The summed E-state index contributed by atoms with van der Waals surface area (Å²) >= 11 is 0. The molecule has 1 amide bonds. The van der Waals surface area contributed by atoms with E-state index in [2.05, 4.69) is 10.2 Å². The lowest BCUT2D eigenvalue weighted by Crippen LogP contribution is -2.31. The molecule has 1 aliphatic carbocycles.